The Balaban J connectivity index is 4.05. The molecule has 1 nitrogen and oxygen atoms in total. The van der Waals surface area contributed by atoms with E-state index in [1.807, 2.05) is 11.8 Å². The van der Waals surface area contributed by atoms with Gasteiger partial charge in [0.1, 0.15) is 0 Å². The summed E-state index contributed by atoms with van der Waals surface area (Å²) in [5.41, 5.74) is 0.652. The molecule has 0 rings (SSSR count). The predicted molar refractivity (Wildman–Crippen MR) is 90.1 cm³/mol. The molecule has 0 heterocycles. The van der Waals surface area contributed by atoms with Crippen LogP contribution in [-0.2, 0) is 4.74 Å². The summed E-state index contributed by atoms with van der Waals surface area (Å²) < 4.78 is 6.13. The Bertz CT molecular complexity index is 248. The molecule has 0 aliphatic heterocycles. The van der Waals surface area contributed by atoms with Crippen molar-refractivity contribution >= 4 is 11.8 Å². The van der Waals surface area contributed by atoms with Crippen LogP contribution < -0.4 is 0 Å². The van der Waals surface area contributed by atoms with Crippen LogP contribution in [0.15, 0.2) is 0 Å². The molecular formula is C17H36OS. The van der Waals surface area contributed by atoms with Gasteiger partial charge >= 0.3 is 0 Å². The van der Waals surface area contributed by atoms with Crippen molar-refractivity contribution in [3.63, 3.8) is 0 Å². The fraction of sp³-hybridized carbons (Fsp3) is 1.00. The molecule has 0 bridgehead atoms. The molecule has 0 radical (unpaired) electrons. The van der Waals surface area contributed by atoms with Gasteiger partial charge in [0.15, 0.2) is 0 Å². The second kappa shape index (κ2) is 7.36. The minimum absolute atomic E-state index is 0.00978. The minimum Gasteiger partial charge on any atom is -0.376 e. The van der Waals surface area contributed by atoms with Crippen LogP contribution in [0.4, 0.5) is 0 Å². The Labute approximate surface area is 126 Å². The Morgan fingerprint density at radius 1 is 0.895 bits per heavy atom. The molecule has 19 heavy (non-hydrogen) atoms. The largest absolute Gasteiger partial charge is 0.376 e. The molecule has 0 saturated carbocycles. The molecule has 116 valence electrons. The molecule has 0 unspecified atom stereocenters. The number of hydrogen-bond acceptors (Lipinski definition) is 2. The average Bonchev–Trinajstić information content (AvgIpc) is 2.13. The van der Waals surface area contributed by atoms with Gasteiger partial charge in [-0.05, 0) is 48.5 Å². The van der Waals surface area contributed by atoms with E-state index in [1.54, 1.807) is 0 Å². The first kappa shape index (κ1) is 19.3. The Morgan fingerprint density at radius 3 is 1.84 bits per heavy atom. The monoisotopic (exact) mass is 288 g/mol. The molecule has 0 amide bonds. The Hall–Kier alpha value is 0.310. The summed E-state index contributed by atoms with van der Waals surface area (Å²) in [5, 5.41) is 0.718. The van der Waals surface area contributed by atoms with E-state index in [1.165, 1.54) is 5.75 Å². The van der Waals surface area contributed by atoms with Crippen molar-refractivity contribution in [3.8, 4) is 0 Å². The summed E-state index contributed by atoms with van der Waals surface area (Å²) >= 11 is 2.02. The van der Waals surface area contributed by atoms with Crippen LogP contribution in [0.5, 0.6) is 0 Å². The minimum atomic E-state index is 0.00978. The van der Waals surface area contributed by atoms with Gasteiger partial charge in [0.05, 0.1) is 5.60 Å². The Morgan fingerprint density at radius 2 is 1.42 bits per heavy atom. The molecule has 0 aromatic carbocycles. The maximum atomic E-state index is 6.13. The van der Waals surface area contributed by atoms with E-state index in [9.17, 15) is 0 Å². The first-order valence-corrected chi connectivity index (χ1v) is 8.68. The maximum absolute atomic E-state index is 6.13. The van der Waals surface area contributed by atoms with Crippen LogP contribution in [-0.4, -0.2) is 23.2 Å². The average molecular weight is 289 g/mol. The van der Waals surface area contributed by atoms with Gasteiger partial charge in [-0.1, -0.05) is 48.5 Å². The van der Waals surface area contributed by atoms with Crippen molar-refractivity contribution in [2.75, 3.05) is 12.4 Å². The fourth-order valence-electron chi connectivity index (χ4n) is 1.57. The smallest absolute Gasteiger partial charge is 0.0634 e. The third-order valence-electron chi connectivity index (χ3n) is 4.41. The van der Waals surface area contributed by atoms with Crippen LogP contribution in [0, 0.1) is 10.8 Å². The lowest BCUT2D eigenvalue weighted by atomic mass is 9.67. The van der Waals surface area contributed by atoms with E-state index in [-0.39, 0.29) is 5.60 Å². The van der Waals surface area contributed by atoms with Gasteiger partial charge in [0, 0.05) is 6.61 Å². The van der Waals surface area contributed by atoms with Crippen molar-refractivity contribution in [2.45, 2.75) is 86.0 Å². The molecule has 0 spiro atoms. The van der Waals surface area contributed by atoms with Crippen LogP contribution in [0.2, 0.25) is 0 Å². The van der Waals surface area contributed by atoms with E-state index < -0.39 is 0 Å². The highest BCUT2D eigenvalue weighted by atomic mass is 32.2. The van der Waals surface area contributed by atoms with Gasteiger partial charge in [-0.15, -0.1) is 0 Å². The molecule has 0 aromatic heterocycles. The zero-order valence-electron chi connectivity index (χ0n) is 14.7. The van der Waals surface area contributed by atoms with Crippen molar-refractivity contribution in [3.05, 3.63) is 0 Å². The molecule has 0 saturated heterocycles. The van der Waals surface area contributed by atoms with Gasteiger partial charge in [0.25, 0.3) is 0 Å². The second-order valence-corrected chi connectivity index (χ2v) is 9.85. The topological polar surface area (TPSA) is 9.23 Å². The first-order chi connectivity index (χ1) is 8.37. The number of thioether (sulfide) groups is 1. The summed E-state index contributed by atoms with van der Waals surface area (Å²) in [4.78, 5) is 0. The lowest BCUT2D eigenvalue weighted by molar-refractivity contribution is -0.0420. The Kier molecular flexibility index (Phi) is 7.48. The summed E-state index contributed by atoms with van der Waals surface area (Å²) in [5.74, 6) is 1.19. The highest BCUT2D eigenvalue weighted by Gasteiger charge is 2.32. The molecule has 0 fully saturated rings. The molecule has 0 aliphatic rings. The number of hydrogen-bond donors (Lipinski definition) is 0. The second-order valence-electron chi connectivity index (χ2n) is 8.16. The maximum Gasteiger partial charge on any atom is 0.0634 e. The van der Waals surface area contributed by atoms with Crippen molar-refractivity contribution in [1.29, 1.82) is 0 Å². The third-order valence-corrected chi connectivity index (χ3v) is 5.51. The van der Waals surface area contributed by atoms with Gasteiger partial charge in [0.2, 0.25) is 0 Å². The van der Waals surface area contributed by atoms with Gasteiger partial charge < -0.3 is 4.74 Å². The summed E-state index contributed by atoms with van der Waals surface area (Å²) in [6, 6.07) is 0. The SMILES string of the molecule is CC(C)SCCC(C)(C)OCCC(C)(C)C(C)(C)C. The summed E-state index contributed by atoms with van der Waals surface area (Å²) in [6.45, 7) is 21.5. The van der Waals surface area contributed by atoms with Crippen LogP contribution in [0.1, 0.15) is 75.2 Å². The van der Waals surface area contributed by atoms with Gasteiger partial charge in [-0.25, -0.2) is 0 Å². The zero-order valence-corrected chi connectivity index (χ0v) is 15.5. The van der Waals surface area contributed by atoms with Gasteiger partial charge in [-0.2, -0.15) is 11.8 Å². The van der Waals surface area contributed by atoms with E-state index in [0.29, 0.717) is 10.8 Å². The highest BCUT2D eigenvalue weighted by Crippen LogP contribution is 2.40. The number of ether oxygens (including phenoxy) is 1. The highest BCUT2D eigenvalue weighted by molar-refractivity contribution is 7.99. The van der Waals surface area contributed by atoms with Crippen LogP contribution in [0.3, 0.4) is 0 Å². The normalized spacial score (nSPS) is 14.2. The molecule has 2 heteroatoms. The molecule has 0 atom stereocenters. The van der Waals surface area contributed by atoms with Gasteiger partial charge in [-0.3, -0.25) is 0 Å². The van der Waals surface area contributed by atoms with E-state index in [2.05, 4.69) is 62.3 Å². The molecule has 0 N–H and O–H groups in total. The van der Waals surface area contributed by atoms with Crippen molar-refractivity contribution in [2.24, 2.45) is 10.8 Å². The van der Waals surface area contributed by atoms with Crippen molar-refractivity contribution < 1.29 is 4.74 Å². The van der Waals surface area contributed by atoms with E-state index in [4.69, 9.17) is 4.74 Å². The van der Waals surface area contributed by atoms with E-state index >= 15 is 0 Å². The summed E-state index contributed by atoms with van der Waals surface area (Å²) in [7, 11) is 0. The lowest BCUT2D eigenvalue weighted by Gasteiger charge is -2.39. The van der Waals surface area contributed by atoms with E-state index in [0.717, 1.165) is 24.7 Å². The fourth-order valence-corrected chi connectivity index (χ4v) is 2.65. The molecule has 0 aliphatic carbocycles. The van der Waals surface area contributed by atoms with Crippen molar-refractivity contribution in [1.82, 2.24) is 0 Å². The van der Waals surface area contributed by atoms with Crippen LogP contribution >= 0.6 is 11.8 Å². The summed E-state index contributed by atoms with van der Waals surface area (Å²) in [6.07, 6.45) is 2.25. The first-order valence-electron chi connectivity index (χ1n) is 7.63. The molecular weight excluding hydrogens is 252 g/mol. The zero-order chi connectivity index (χ0) is 15.3. The standard InChI is InChI=1S/C17H36OS/c1-14(2)19-13-11-17(8,9)18-12-10-16(6,7)15(3,4)5/h14H,10-13H2,1-9H3. The number of rotatable bonds is 8. The third kappa shape index (κ3) is 8.24. The predicted octanol–water partition coefficient (Wildman–Crippen LogP) is 5.78. The lowest BCUT2D eigenvalue weighted by Crippen LogP contribution is -2.33. The quantitative estimate of drug-likeness (QED) is 0.560. The molecule has 0 aromatic rings. The van der Waals surface area contributed by atoms with Crippen LogP contribution in [0.25, 0.3) is 0 Å².